The maximum Gasteiger partial charge on any atom is 0.241 e. The number of nitrogens with one attached hydrogen (secondary N) is 2. The first-order valence-corrected chi connectivity index (χ1v) is 11.7. The van der Waals surface area contributed by atoms with Crippen LogP contribution in [-0.4, -0.2) is 45.5 Å². The highest BCUT2D eigenvalue weighted by molar-refractivity contribution is 7.89. The first-order valence-electron chi connectivity index (χ1n) is 10.2. The molecule has 0 fully saturated rings. The Balaban J connectivity index is 2.03. The second kappa shape index (κ2) is 10.3. The summed E-state index contributed by atoms with van der Waals surface area (Å²) >= 11 is 0. The van der Waals surface area contributed by atoms with Gasteiger partial charge in [-0.05, 0) is 82.6 Å². The van der Waals surface area contributed by atoms with Gasteiger partial charge in [0, 0.05) is 18.3 Å². The Morgan fingerprint density at radius 2 is 1.61 bits per heavy atom. The lowest BCUT2D eigenvalue weighted by Gasteiger charge is -2.24. The third kappa shape index (κ3) is 6.53. The van der Waals surface area contributed by atoms with Gasteiger partial charge in [0.05, 0.1) is 18.0 Å². The molecule has 0 spiro atoms. The van der Waals surface area contributed by atoms with Crippen LogP contribution in [0.1, 0.15) is 37.5 Å². The first kappa shape index (κ1) is 24.8. The van der Waals surface area contributed by atoms with E-state index in [4.69, 9.17) is 4.74 Å². The van der Waals surface area contributed by atoms with E-state index >= 15 is 0 Å². The minimum Gasteiger partial charge on any atom is -0.496 e. The molecule has 2 aromatic carbocycles. The summed E-state index contributed by atoms with van der Waals surface area (Å²) in [5.41, 5.74) is 3.77. The standard InChI is InChI=1S/C23H33N3O4S/c1-15(2)25-31(28,29)21-10-8-20(9-11-21)24-23(27)18(5)26(6)14-19-12-16(3)22(30-7)17(4)13-19/h8-13,15,18,25H,14H2,1-7H3,(H,24,27). The largest absolute Gasteiger partial charge is 0.496 e. The first-order chi connectivity index (χ1) is 14.4. The Labute approximate surface area is 185 Å². The lowest BCUT2D eigenvalue weighted by atomic mass is 10.0. The van der Waals surface area contributed by atoms with Gasteiger partial charge in [0.1, 0.15) is 5.75 Å². The summed E-state index contributed by atoms with van der Waals surface area (Å²) in [7, 11) is -0.00291. The Hall–Kier alpha value is -2.42. The summed E-state index contributed by atoms with van der Waals surface area (Å²) in [5, 5.41) is 2.85. The minimum atomic E-state index is -3.56. The number of hydrogen-bond acceptors (Lipinski definition) is 5. The number of carbonyl (C=O) groups is 1. The summed E-state index contributed by atoms with van der Waals surface area (Å²) in [6.45, 7) is 9.98. The van der Waals surface area contributed by atoms with Crippen molar-refractivity contribution in [1.29, 1.82) is 0 Å². The second-order valence-corrected chi connectivity index (χ2v) is 9.86. The van der Waals surface area contributed by atoms with E-state index in [0.29, 0.717) is 12.2 Å². The number of aryl methyl sites for hydroxylation is 2. The quantitative estimate of drug-likeness (QED) is 0.615. The van der Waals surface area contributed by atoms with Crippen molar-refractivity contribution in [3.05, 3.63) is 53.1 Å². The number of methoxy groups -OCH3 is 1. The van der Waals surface area contributed by atoms with Crippen LogP contribution in [0.3, 0.4) is 0 Å². The number of hydrogen-bond donors (Lipinski definition) is 2. The third-order valence-corrected chi connectivity index (χ3v) is 6.69. The molecular weight excluding hydrogens is 414 g/mol. The van der Waals surface area contributed by atoms with E-state index in [-0.39, 0.29) is 22.9 Å². The van der Waals surface area contributed by atoms with Gasteiger partial charge in [-0.2, -0.15) is 0 Å². The van der Waals surface area contributed by atoms with E-state index in [2.05, 4.69) is 22.2 Å². The summed E-state index contributed by atoms with van der Waals surface area (Å²) in [4.78, 5) is 14.8. The number of carbonyl (C=O) groups excluding carboxylic acids is 1. The van der Waals surface area contributed by atoms with Gasteiger partial charge in [0.25, 0.3) is 0 Å². The maximum absolute atomic E-state index is 12.7. The average molecular weight is 448 g/mol. The number of anilines is 1. The van der Waals surface area contributed by atoms with Crippen LogP contribution < -0.4 is 14.8 Å². The highest BCUT2D eigenvalue weighted by atomic mass is 32.2. The highest BCUT2D eigenvalue weighted by Crippen LogP contribution is 2.25. The third-order valence-electron chi connectivity index (χ3n) is 5.02. The van der Waals surface area contributed by atoms with Crippen LogP contribution in [0, 0.1) is 13.8 Å². The SMILES string of the molecule is COc1c(C)cc(CN(C)C(C)C(=O)Nc2ccc(S(=O)(=O)NC(C)C)cc2)cc1C. The van der Waals surface area contributed by atoms with E-state index < -0.39 is 10.0 Å². The molecule has 0 aliphatic carbocycles. The van der Waals surface area contributed by atoms with Gasteiger partial charge < -0.3 is 10.1 Å². The molecule has 0 saturated heterocycles. The molecule has 1 amide bonds. The van der Waals surface area contributed by atoms with Crippen molar-refractivity contribution in [2.45, 2.75) is 58.1 Å². The molecule has 1 atom stereocenters. The number of amides is 1. The monoisotopic (exact) mass is 447 g/mol. The van der Waals surface area contributed by atoms with Gasteiger partial charge >= 0.3 is 0 Å². The molecule has 0 heterocycles. The molecule has 7 nitrogen and oxygen atoms in total. The van der Waals surface area contributed by atoms with Gasteiger partial charge in [0.2, 0.25) is 15.9 Å². The number of ether oxygens (including phenoxy) is 1. The van der Waals surface area contributed by atoms with Crippen LogP contribution >= 0.6 is 0 Å². The predicted molar refractivity (Wildman–Crippen MR) is 124 cm³/mol. The lowest BCUT2D eigenvalue weighted by Crippen LogP contribution is -2.39. The molecular formula is C23H33N3O4S. The van der Waals surface area contributed by atoms with Crippen molar-refractivity contribution in [3.63, 3.8) is 0 Å². The molecule has 0 aromatic heterocycles. The van der Waals surface area contributed by atoms with E-state index in [1.807, 2.05) is 32.7 Å². The fraction of sp³-hybridized carbons (Fsp3) is 0.435. The van der Waals surface area contributed by atoms with Crippen molar-refractivity contribution >= 4 is 21.6 Å². The van der Waals surface area contributed by atoms with Crippen molar-refractivity contribution in [1.82, 2.24) is 9.62 Å². The molecule has 2 rings (SSSR count). The molecule has 31 heavy (non-hydrogen) atoms. The molecule has 0 radical (unpaired) electrons. The Bertz CT molecular complexity index is 995. The molecule has 1 unspecified atom stereocenters. The van der Waals surface area contributed by atoms with E-state index in [1.165, 1.54) is 12.1 Å². The van der Waals surface area contributed by atoms with E-state index in [1.54, 1.807) is 33.1 Å². The summed E-state index contributed by atoms with van der Waals surface area (Å²) in [6, 6.07) is 9.71. The van der Waals surface area contributed by atoms with Crippen LogP contribution in [-0.2, 0) is 21.4 Å². The molecule has 170 valence electrons. The lowest BCUT2D eigenvalue weighted by molar-refractivity contribution is -0.120. The predicted octanol–water partition coefficient (Wildman–Crippen LogP) is 3.46. The van der Waals surface area contributed by atoms with Gasteiger partial charge in [0.15, 0.2) is 0 Å². The number of nitrogens with zero attached hydrogens (tertiary/aromatic N) is 1. The van der Waals surface area contributed by atoms with Crippen LogP contribution in [0.15, 0.2) is 41.3 Å². The van der Waals surface area contributed by atoms with Crippen LogP contribution in [0.25, 0.3) is 0 Å². The van der Waals surface area contributed by atoms with Crippen molar-refractivity contribution in [2.24, 2.45) is 0 Å². The highest BCUT2D eigenvalue weighted by Gasteiger charge is 2.20. The fourth-order valence-corrected chi connectivity index (χ4v) is 4.67. The topological polar surface area (TPSA) is 87.7 Å². The summed E-state index contributed by atoms with van der Waals surface area (Å²) in [6.07, 6.45) is 0. The zero-order valence-corrected chi connectivity index (χ0v) is 20.1. The molecule has 2 N–H and O–H groups in total. The fourth-order valence-electron chi connectivity index (χ4n) is 3.42. The van der Waals surface area contributed by atoms with Gasteiger partial charge in [-0.3, -0.25) is 9.69 Å². The molecule has 8 heteroatoms. The molecule has 0 saturated carbocycles. The van der Waals surface area contributed by atoms with Crippen molar-refractivity contribution in [3.8, 4) is 5.75 Å². The Morgan fingerprint density at radius 3 is 2.10 bits per heavy atom. The molecule has 2 aromatic rings. The number of likely N-dealkylation sites (N-methyl/N-ethyl adjacent to an activating group) is 1. The van der Waals surface area contributed by atoms with Crippen molar-refractivity contribution in [2.75, 3.05) is 19.5 Å². The van der Waals surface area contributed by atoms with Crippen LogP contribution in [0.5, 0.6) is 5.75 Å². The Kier molecular flexibility index (Phi) is 8.22. The Morgan fingerprint density at radius 1 is 1.06 bits per heavy atom. The average Bonchev–Trinajstić information content (AvgIpc) is 2.66. The van der Waals surface area contributed by atoms with Gasteiger partial charge in [-0.25, -0.2) is 13.1 Å². The second-order valence-electron chi connectivity index (χ2n) is 8.14. The van der Waals surface area contributed by atoms with Crippen LogP contribution in [0.2, 0.25) is 0 Å². The van der Waals surface area contributed by atoms with Crippen molar-refractivity contribution < 1.29 is 17.9 Å². The van der Waals surface area contributed by atoms with Gasteiger partial charge in [-0.15, -0.1) is 0 Å². The van der Waals surface area contributed by atoms with E-state index in [0.717, 1.165) is 22.4 Å². The number of sulfonamides is 1. The maximum atomic E-state index is 12.7. The van der Waals surface area contributed by atoms with Gasteiger partial charge in [-0.1, -0.05) is 12.1 Å². The van der Waals surface area contributed by atoms with Crippen LogP contribution in [0.4, 0.5) is 5.69 Å². The molecule has 0 bridgehead atoms. The number of rotatable bonds is 9. The summed E-state index contributed by atoms with van der Waals surface area (Å²) in [5.74, 6) is 0.714. The molecule has 0 aliphatic rings. The zero-order chi connectivity index (χ0) is 23.3. The normalized spacial score (nSPS) is 12.8. The number of benzene rings is 2. The minimum absolute atomic E-state index is 0.162. The zero-order valence-electron chi connectivity index (χ0n) is 19.3. The smallest absolute Gasteiger partial charge is 0.241 e. The van der Waals surface area contributed by atoms with E-state index in [9.17, 15) is 13.2 Å². The molecule has 0 aliphatic heterocycles. The summed E-state index contributed by atoms with van der Waals surface area (Å²) < 4.78 is 32.4.